The Kier molecular flexibility index (Phi) is 8.54. The van der Waals surface area contributed by atoms with Crippen LogP contribution in [0.2, 0.25) is 0 Å². The van der Waals surface area contributed by atoms with Gasteiger partial charge in [-0.3, -0.25) is 9.58 Å². The number of aromatic nitrogens is 3. The molecule has 1 unspecified atom stereocenters. The molecule has 5 nitrogen and oxygen atoms in total. The predicted molar refractivity (Wildman–Crippen MR) is 88.2 cm³/mol. The summed E-state index contributed by atoms with van der Waals surface area (Å²) in [5.41, 5.74) is 1.02. The van der Waals surface area contributed by atoms with Crippen molar-refractivity contribution in [3.63, 3.8) is 0 Å². The summed E-state index contributed by atoms with van der Waals surface area (Å²) in [4.78, 5) is 2.57. The third-order valence-corrected chi connectivity index (χ3v) is 3.91. The lowest BCUT2D eigenvalue weighted by atomic mass is 10.2. The lowest BCUT2D eigenvalue weighted by Gasteiger charge is -2.28. The highest BCUT2D eigenvalue weighted by atomic mass is 15.4. The summed E-state index contributed by atoms with van der Waals surface area (Å²) in [7, 11) is 0. The van der Waals surface area contributed by atoms with Crippen LogP contribution in [0, 0.1) is 0 Å². The van der Waals surface area contributed by atoms with Crippen LogP contribution in [0.5, 0.6) is 0 Å². The number of unbranched alkanes of at least 4 members (excludes halogenated alkanes) is 1. The van der Waals surface area contributed by atoms with Gasteiger partial charge in [0.1, 0.15) is 0 Å². The third kappa shape index (κ3) is 7.05. The summed E-state index contributed by atoms with van der Waals surface area (Å²) in [6.07, 6.45) is 5.78. The Morgan fingerprint density at radius 3 is 2.62 bits per heavy atom. The second kappa shape index (κ2) is 9.90. The smallest absolute Gasteiger partial charge is 0.0964 e. The van der Waals surface area contributed by atoms with Crippen molar-refractivity contribution in [2.75, 3.05) is 13.1 Å². The normalized spacial score (nSPS) is 13.3. The van der Waals surface area contributed by atoms with E-state index in [-0.39, 0.29) is 0 Å². The molecular formula is C16H33N5. The maximum Gasteiger partial charge on any atom is 0.0964 e. The first-order chi connectivity index (χ1) is 10.1. The van der Waals surface area contributed by atoms with E-state index < -0.39 is 0 Å². The summed E-state index contributed by atoms with van der Waals surface area (Å²) < 4.78 is 1.97. The Labute approximate surface area is 130 Å². The molecule has 0 radical (unpaired) electrons. The molecule has 1 heterocycles. The van der Waals surface area contributed by atoms with E-state index in [0.717, 1.165) is 25.3 Å². The highest BCUT2D eigenvalue weighted by Gasteiger charge is 2.12. The molecule has 0 aliphatic carbocycles. The van der Waals surface area contributed by atoms with Gasteiger partial charge in [0.15, 0.2) is 0 Å². The molecular weight excluding hydrogens is 262 g/mol. The maximum atomic E-state index is 4.23. The average Bonchev–Trinajstić information content (AvgIpc) is 2.92. The predicted octanol–water partition coefficient (Wildman–Crippen LogP) is 2.68. The Hall–Kier alpha value is -0.940. The van der Waals surface area contributed by atoms with Crippen LogP contribution >= 0.6 is 0 Å². The number of hydrogen-bond acceptors (Lipinski definition) is 4. The van der Waals surface area contributed by atoms with Gasteiger partial charge in [0, 0.05) is 31.4 Å². The first kappa shape index (κ1) is 18.1. The van der Waals surface area contributed by atoms with Crippen molar-refractivity contribution in [3.05, 3.63) is 11.9 Å². The van der Waals surface area contributed by atoms with E-state index in [0.29, 0.717) is 12.1 Å². The Bertz CT molecular complexity index is 374. The third-order valence-electron chi connectivity index (χ3n) is 3.91. The van der Waals surface area contributed by atoms with Crippen molar-refractivity contribution >= 4 is 0 Å². The van der Waals surface area contributed by atoms with Gasteiger partial charge in [-0.05, 0) is 26.3 Å². The highest BCUT2D eigenvalue weighted by Crippen LogP contribution is 2.06. The van der Waals surface area contributed by atoms with Crippen molar-refractivity contribution in [2.45, 2.75) is 79.1 Å². The van der Waals surface area contributed by atoms with E-state index >= 15 is 0 Å². The lowest BCUT2D eigenvalue weighted by Crippen LogP contribution is -2.36. The zero-order valence-electron chi connectivity index (χ0n) is 14.5. The first-order valence-electron chi connectivity index (χ1n) is 8.43. The van der Waals surface area contributed by atoms with E-state index in [1.807, 2.05) is 4.68 Å². The Morgan fingerprint density at radius 2 is 2.00 bits per heavy atom. The minimum absolute atomic E-state index is 0.477. The zero-order chi connectivity index (χ0) is 15.7. The van der Waals surface area contributed by atoms with E-state index in [4.69, 9.17) is 0 Å². The van der Waals surface area contributed by atoms with Gasteiger partial charge in [0.05, 0.1) is 12.2 Å². The van der Waals surface area contributed by atoms with Crippen molar-refractivity contribution in [1.82, 2.24) is 25.2 Å². The van der Waals surface area contributed by atoms with Crippen molar-refractivity contribution in [2.24, 2.45) is 0 Å². The SMILES string of the molecule is CCCCN(CCn1cc(CNC(C)C)nn1)C(C)CC. The minimum atomic E-state index is 0.477. The van der Waals surface area contributed by atoms with Crippen molar-refractivity contribution < 1.29 is 0 Å². The highest BCUT2D eigenvalue weighted by molar-refractivity contribution is 4.91. The average molecular weight is 295 g/mol. The van der Waals surface area contributed by atoms with Crippen LogP contribution in [-0.2, 0) is 13.1 Å². The van der Waals surface area contributed by atoms with Gasteiger partial charge < -0.3 is 5.32 Å². The Morgan fingerprint density at radius 1 is 1.24 bits per heavy atom. The summed E-state index contributed by atoms with van der Waals surface area (Å²) in [5, 5.41) is 11.8. The molecule has 1 atom stereocenters. The number of nitrogens with one attached hydrogen (secondary N) is 1. The molecule has 1 rings (SSSR count). The second-order valence-corrected chi connectivity index (χ2v) is 6.16. The van der Waals surface area contributed by atoms with Crippen LogP contribution in [0.4, 0.5) is 0 Å². The van der Waals surface area contributed by atoms with Gasteiger partial charge in [-0.2, -0.15) is 0 Å². The van der Waals surface area contributed by atoms with Gasteiger partial charge in [0.25, 0.3) is 0 Å². The van der Waals surface area contributed by atoms with Crippen LogP contribution < -0.4 is 5.32 Å². The lowest BCUT2D eigenvalue weighted by molar-refractivity contribution is 0.190. The zero-order valence-corrected chi connectivity index (χ0v) is 14.5. The van der Waals surface area contributed by atoms with Gasteiger partial charge in [-0.25, -0.2) is 0 Å². The molecule has 0 spiro atoms. The number of rotatable bonds is 11. The van der Waals surface area contributed by atoms with E-state index in [2.05, 4.69) is 61.3 Å². The van der Waals surface area contributed by atoms with Crippen molar-refractivity contribution in [3.8, 4) is 0 Å². The molecule has 0 fully saturated rings. The summed E-state index contributed by atoms with van der Waals surface area (Å²) in [6, 6.07) is 1.12. The van der Waals surface area contributed by atoms with Crippen LogP contribution in [-0.4, -0.2) is 45.1 Å². The van der Waals surface area contributed by atoms with Crippen LogP contribution in [0.3, 0.4) is 0 Å². The molecule has 1 aromatic heterocycles. The molecule has 0 aromatic carbocycles. The van der Waals surface area contributed by atoms with Gasteiger partial charge in [0.2, 0.25) is 0 Å². The molecule has 0 aliphatic heterocycles. The van der Waals surface area contributed by atoms with E-state index in [1.165, 1.54) is 25.8 Å². The topological polar surface area (TPSA) is 46.0 Å². The maximum absolute atomic E-state index is 4.23. The molecule has 1 aromatic rings. The fraction of sp³-hybridized carbons (Fsp3) is 0.875. The molecule has 0 saturated heterocycles. The monoisotopic (exact) mass is 295 g/mol. The standard InChI is InChI=1S/C16H33N5/c1-6-8-9-20(15(5)7-2)10-11-21-13-16(18-19-21)12-17-14(3)4/h13-15,17H,6-12H2,1-5H3. The summed E-state index contributed by atoms with van der Waals surface area (Å²) >= 11 is 0. The quantitative estimate of drug-likeness (QED) is 0.682. The Balaban J connectivity index is 2.43. The van der Waals surface area contributed by atoms with Crippen molar-refractivity contribution in [1.29, 1.82) is 0 Å². The molecule has 21 heavy (non-hydrogen) atoms. The molecule has 0 bridgehead atoms. The van der Waals surface area contributed by atoms with Crippen LogP contribution in [0.25, 0.3) is 0 Å². The first-order valence-corrected chi connectivity index (χ1v) is 8.43. The van der Waals surface area contributed by atoms with Crippen LogP contribution in [0.1, 0.15) is 59.6 Å². The van der Waals surface area contributed by atoms with E-state index in [1.54, 1.807) is 0 Å². The fourth-order valence-electron chi connectivity index (χ4n) is 2.24. The van der Waals surface area contributed by atoms with Gasteiger partial charge in [-0.15, -0.1) is 5.10 Å². The molecule has 0 aliphatic rings. The second-order valence-electron chi connectivity index (χ2n) is 6.16. The largest absolute Gasteiger partial charge is 0.309 e. The molecule has 0 saturated carbocycles. The number of nitrogens with zero attached hydrogens (tertiary/aromatic N) is 4. The fourth-order valence-corrected chi connectivity index (χ4v) is 2.24. The molecule has 5 heteroatoms. The summed E-state index contributed by atoms with van der Waals surface area (Å²) in [5.74, 6) is 0. The minimum Gasteiger partial charge on any atom is -0.309 e. The van der Waals surface area contributed by atoms with Gasteiger partial charge >= 0.3 is 0 Å². The van der Waals surface area contributed by atoms with E-state index in [9.17, 15) is 0 Å². The molecule has 1 N–H and O–H groups in total. The van der Waals surface area contributed by atoms with Crippen LogP contribution in [0.15, 0.2) is 6.20 Å². The summed E-state index contributed by atoms with van der Waals surface area (Å²) in [6.45, 7) is 15.1. The number of hydrogen-bond donors (Lipinski definition) is 1. The molecule has 0 amide bonds. The molecule has 122 valence electrons. The van der Waals surface area contributed by atoms with Gasteiger partial charge in [-0.1, -0.05) is 39.3 Å².